The third kappa shape index (κ3) is 5.04. The summed E-state index contributed by atoms with van der Waals surface area (Å²) < 4.78 is 0. The number of carbonyl (C=O) groups is 1. The molecule has 0 heterocycles. The fourth-order valence-electron chi connectivity index (χ4n) is 2.69. The molecule has 6 heteroatoms. The van der Waals surface area contributed by atoms with Crippen LogP contribution in [0.4, 0.5) is 11.4 Å². The van der Waals surface area contributed by atoms with Crippen molar-refractivity contribution in [3.05, 3.63) is 68.8 Å². The standard InChI is InChI=1S/C19H23N3O3/c1-13-6-4-5-7-16(13)8-9-20-19(23)12-21-17-11-18(22(24)25)15(3)10-14(17)2/h4-7,10-11,21H,8-9,12H2,1-3H3,(H,20,23). The average molecular weight is 341 g/mol. The van der Waals surface area contributed by atoms with Crippen molar-refractivity contribution in [2.75, 3.05) is 18.4 Å². The molecule has 0 unspecified atom stereocenters. The third-order valence-corrected chi connectivity index (χ3v) is 4.16. The van der Waals surface area contributed by atoms with E-state index in [-0.39, 0.29) is 18.1 Å². The molecule has 0 aliphatic rings. The van der Waals surface area contributed by atoms with Crippen LogP contribution in [0.25, 0.3) is 0 Å². The molecule has 2 rings (SSSR count). The number of nitro benzene ring substituents is 1. The van der Waals surface area contributed by atoms with E-state index < -0.39 is 4.92 Å². The molecule has 0 aromatic heterocycles. The fourth-order valence-corrected chi connectivity index (χ4v) is 2.69. The number of benzene rings is 2. The van der Waals surface area contributed by atoms with Crippen LogP contribution in [0.2, 0.25) is 0 Å². The number of aryl methyl sites for hydroxylation is 3. The zero-order valence-corrected chi connectivity index (χ0v) is 14.8. The Morgan fingerprint density at radius 1 is 1.08 bits per heavy atom. The van der Waals surface area contributed by atoms with Gasteiger partial charge in [0.05, 0.1) is 11.5 Å². The topological polar surface area (TPSA) is 84.3 Å². The predicted molar refractivity (Wildman–Crippen MR) is 99.0 cm³/mol. The van der Waals surface area contributed by atoms with E-state index in [0.29, 0.717) is 17.8 Å². The second-order valence-corrected chi connectivity index (χ2v) is 6.09. The number of nitrogens with one attached hydrogen (secondary N) is 2. The van der Waals surface area contributed by atoms with Crippen LogP contribution in [0.3, 0.4) is 0 Å². The normalized spacial score (nSPS) is 10.4. The molecule has 2 aromatic rings. The Morgan fingerprint density at radius 3 is 2.48 bits per heavy atom. The summed E-state index contributed by atoms with van der Waals surface area (Å²) in [6.45, 7) is 6.24. The van der Waals surface area contributed by atoms with Gasteiger partial charge in [-0.3, -0.25) is 14.9 Å². The van der Waals surface area contributed by atoms with Crippen LogP contribution >= 0.6 is 0 Å². The molecule has 0 aliphatic carbocycles. The van der Waals surface area contributed by atoms with Crippen LogP contribution in [0.1, 0.15) is 22.3 Å². The van der Waals surface area contributed by atoms with Gasteiger partial charge in [0.15, 0.2) is 0 Å². The number of hydrogen-bond donors (Lipinski definition) is 2. The van der Waals surface area contributed by atoms with E-state index in [9.17, 15) is 14.9 Å². The summed E-state index contributed by atoms with van der Waals surface area (Å²) in [5, 5.41) is 16.9. The molecule has 2 aromatic carbocycles. The molecule has 0 atom stereocenters. The number of amides is 1. The van der Waals surface area contributed by atoms with Crippen molar-refractivity contribution in [2.45, 2.75) is 27.2 Å². The molecule has 0 saturated carbocycles. The summed E-state index contributed by atoms with van der Waals surface area (Å²) in [4.78, 5) is 22.6. The number of hydrogen-bond acceptors (Lipinski definition) is 4. The monoisotopic (exact) mass is 341 g/mol. The van der Waals surface area contributed by atoms with Crippen molar-refractivity contribution in [1.82, 2.24) is 5.32 Å². The van der Waals surface area contributed by atoms with Crippen LogP contribution < -0.4 is 10.6 Å². The number of rotatable bonds is 7. The maximum atomic E-state index is 12.0. The highest BCUT2D eigenvalue weighted by Crippen LogP contribution is 2.26. The summed E-state index contributed by atoms with van der Waals surface area (Å²) >= 11 is 0. The predicted octanol–water partition coefficient (Wildman–Crippen LogP) is 3.29. The largest absolute Gasteiger partial charge is 0.376 e. The van der Waals surface area contributed by atoms with Crippen molar-refractivity contribution < 1.29 is 9.72 Å². The number of carbonyl (C=O) groups excluding carboxylic acids is 1. The van der Waals surface area contributed by atoms with Gasteiger partial charge in [-0.05, 0) is 49.9 Å². The van der Waals surface area contributed by atoms with Gasteiger partial charge in [-0.1, -0.05) is 24.3 Å². The SMILES string of the molecule is Cc1ccccc1CCNC(=O)CNc1cc([N+](=O)[O-])c(C)cc1C. The molecule has 0 saturated heterocycles. The minimum Gasteiger partial charge on any atom is -0.376 e. The minimum absolute atomic E-state index is 0.0491. The lowest BCUT2D eigenvalue weighted by Crippen LogP contribution is -2.31. The number of nitrogens with zero attached hydrogens (tertiary/aromatic N) is 1. The molecular formula is C19H23N3O3. The second-order valence-electron chi connectivity index (χ2n) is 6.09. The van der Waals surface area contributed by atoms with Crippen molar-refractivity contribution in [3.63, 3.8) is 0 Å². The lowest BCUT2D eigenvalue weighted by molar-refractivity contribution is -0.385. The zero-order valence-electron chi connectivity index (χ0n) is 14.8. The van der Waals surface area contributed by atoms with Crippen LogP contribution in [-0.2, 0) is 11.2 Å². The maximum Gasteiger partial charge on any atom is 0.274 e. The lowest BCUT2D eigenvalue weighted by Gasteiger charge is -2.11. The quantitative estimate of drug-likeness (QED) is 0.598. The van der Waals surface area contributed by atoms with Gasteiger partial charge in [-0.25, -0.2) is 0 Å². The van der Waals surface area contributed by atoms with Crippen LogP contribution in [0.15, 0.2) is 36.4 Å². The van der Waals surface area contributed by atoms with Crippen molar-refractivity contribution in [2.24, 2.45) is 0 Å². The van der Waals surface area contributed by atoms with Gasteiger partial charge in [-0.15, -0.1) is 0 Å². The van der Waals surface area contributed by atoms with Gasteiger partial charge in [0.25, 0.3) is 5.69 Å². The molecular weight excluding hydrogens is 318 g/mol. The molecule has 132 valence electrons. The first-order valence-corrected chi connectivity index (χ1v) is 8.19. The Kier molecular flexibility index (Phi) is 6.11. The molecule has 2 N–H and O–H groups in total. The fraction of sp³-hybridized carbons (Fsp3) is 0.316. The van der Waals surface area contributed by atoms with Gasteiger partial charge in [0.1, 0.15) is 0 Å². The zero-order chi connectivity index (χ0) is 18.4. The van der Waals surface area contributed by atoms with E-state index in [4.69, 9.17) is 0 Å². The molecule has 0 aliphatic heterocycles. The first-order valence-electron chi connectivity index (χ1n) is 8.19. The Hall–Kier alpha value is -2.89. The van der Waals surface area contributed by atoms with E-state index in [0.717, 1.165) is 12.0 Å². The highest BCUT2D eigenvalue weighted by molar-refractivity contribution is 5.81. The summed E-state index contributed by atoms with van der Waals surface area (Å²) in [5.41, 5.74) is 4.55. The van der Waals surface area contributed by atoms with Crippen molar-refractivity contribution in [1.29, 1.82) is 0 Å². The maximum absolute atomic E-state index is 12.0. The van der Waals surface area contributed by atoms with Gasteiger partial charge >= 0.3 is 0 Å². The number of anilines is 1. The van der Waals surface area contributed by atoms with Gasteiger partial charge in [0, 0.05) is 23.9 Å². The first-order chi connectivity index (χ1) is 11.9. The lowest BCUT2D eigenvalue weighted by atomic mass is 10.1. The minimum atomic E-state index is -0.414. The Balaban J connectivity index is 1.87. The molecule has 25 heavy (non-hydrogen) atoms. The van der Waals surface area contributed by atoms with Crippen LogP contribution in [0.5, 0.6) is 0 Å². The van der Waals surface area contributed by atoms with E-state index in [1.165, 1.54) is 17.2 Å². The van der Waals surface area contributed by atoms with E-state index >= 15 is 0 Å². The molecule has 0 bridgehead atoms. The number of nitro groups is 1. The Bertz CT molecular complexity index is 787. The Labute approximate surface area is 147 Å². The van der Waals surface area contributed by atoms with E-state index in [1.807, 2.05) is 32.0 Å². The first kappa shape index (κ1) is 18.4. The van der Waals surface area contributed by atoms with Gasteiger partial charge in [-0.2, -0.15) is 0 Å². The summed E-state index contributed by atoms with van der Waals surface area (Å²) in [6.07, 6.45) is 0.771. The van der Waals surface area contributed by atoms with Crippen molar-refractivity contribution in [3.8, 4) is 0 Å². The summed E-state index contributed by atoms with van der Waals surface area (Å²) in [6, 6.07) is 11.3. The highest BCUT2D eigenvalue weighted by Gasteiger charge is 2.14. The molecule has 0 fully saturated rings. The molecule has 6 nitrogen and oxygen atoms in total. The second kappa shape index (κ2) is 8.28. The average Bonchev–Trinajstić information content (AvgIpc) is 2.55. The van der Waals surface area contributed by atoms with E-state index in [1.54, 1.807) is 13.0 Å². The third-order valence-electron chi connectivity index (χ3n) is 4.16. The van der Waals surface area contributed by atoms with E-state index in [2.05, 4.69) is 16.7 Å². The highest BCUT2D eigenvalue weighted by atomic mass is 16.6. The summed E-state index contributed by atoms with van der Waals surface area (Å²) in [5.74, 6) is -0.142. The van der Waals surface area contributed by atoms with Crippen molar-refractivity contribution >= 4 is 17.3 Å². The molecule has 1 amide bonds. The molecule has 0 radical (unpaired) electrons. The smallest absolute Gasteiger partial charge is 0.274 e. The van der Waals surface area contributed by atoms with Crippen LogP contribution in [-0.4, -0.2) is 23.9 Å². The summed E-state index contributed by atoms with van der Waals surface area (Å²) in [7, 11) is 0. The van der Waals surface area contributed by atoms with Crippen LogP contribution in [0, 0.1) is 30.9 Å². The van der Waals surface area contributed by atoms with Gasteiger partial charge < -0.3 is 10.6 Å². The molecule has 0 spiro atoms. The Morgan fingerprint density at radius 2 is 1.80 bits per heavy atom. The van der Waals surface area contributed by atoms with Gasteiger partial charge in [0.2, 0.25) is 5.91 Å².